The van der Waals surface area contributed by atoms with Crippen molar-refractivity contribution in [3.05, 3.63) is 34.3 Å². The Morgan fingerprint density at radius 1 is 1.00 bits per heavy atom. The highest BCUT2D eigenvalue weighted by Gasteiger charge is 2.50. The zero-order chi connectivity index (χ0) is 19.7. The van der Waals surface area contributed by atoms with Crippen LogP contribution in [0.5, 0.6) is 0 Å². The highest BCUT2D eigenvalue weighted by atomic mass is 79.9. The van der Waals surface area contributed by atoms with Crippen molar-refractivity contribution < 1.29 is 27.9 Å². The van der Waals surface area contributed by atoms with Crippen LogP contribution in [0, 0.1) is 0 Å². The summed E-state index contributed by atoms with van der Waals surface area (Å²) in [6.07, 6.45) is 0.175. The number of benzene rings is 1. The first-order chi connectivity index (χ1) is 12.3. The van der Waals surface area contributed by atoms with Crippen LogP contribution >= 0.6 is 23.5 Å². The molecule has 0 heterocycles. The van der Waals surface area contributed by atoms with Crippen molar-refractivity contribution >= 4 is 35.3 Å². The molecule has 0 aliphatic carbocycles. The minimum Gasteiger partial charge on any atom is -0.465 e. The summed E-state index contributed by atoms with van der Waals surface area (Å²) in [7, 11) is -3.92. The molecule has 8 heteroatoms. The molecule has 0 fully saturated rings. The summed E-state index contributed by atoms with van der Waals surface area (Å²) < 4.78 is 30.2. The van der Waals surface area contributed by atoms with E-state index in [2.05, 4.69) is 15.9 Å². The third-order valence-electron chi connectivity index (χ3n) is 3.73. The molecule has 26 heavy (non-hydrogen) atoms. The minimum atomic E-state index is -3.92. The molecule has 1 aromatic carbocycles. The monoisotopic (exact) mass is 448 g/mol. The summed E-state index contributed by atoms with van der Waals surface area (Å²) >= 11 is 3.35. The SMILES string of the molecule is CCOC(=O)C(C(C(=O)CC)c1ccc(Br)cc1)P(=O)(OCC)OCC. The number of rotatable bonds is 11. The maximum Gasteiger partial charge on any atom is 0.345 e. The van der Waals surface area contributed by atoms with Gasteiger partial charge in [0.05, 0.1) is 25.7 Å². The molecule has 0 radical (unpaired) electrons. The van der Waals surface area contributed by atoms with Crippen LogP contribution in [-0.2, 0) is 27.9 Å². The number of hydrogen-bond donors (Lipinski definition) is 0. The zero-order valence-corrected chi connectivity index (χ0v) is 18.0. The third kappa shape index (κ3) is 5.74. The van der Waals surface area contributed by atoms with Crippen LogP contribution in [-0.4, -0.2) is 37.2 Å². The lowest BCUT2D eigenvalue weighted by atomic mass is 9.90. The van der Waals surface area contributed by atoms with Crippen molar-refractivity contribution in [2.45, 2.75) is 45.7 Å². The predicted molar refractivity (Wildman–Crippen MR) is 103 cm³/mol. The van der Waals surface area contributed by atoms with Gasteiger partial charge in [0.15, 0.2) is 5.66 Å². The number of carbonyl (C=O) groups excluding carboxylic acids is 2. The zero-order valence-electron chi connectivity index (χ0n) is 15.6. The smallest absolute Gasteiger partial charge is 0.345 e. The molecule has 0 N–H and O–H groups in total. The maximum atomic E-state index is 13.4. The predicted octanol–water partition coefficient (Wildman–Crippen LogP) is 4.71. The maximum absolute atomic E-state index is 13.4. The molecule has 2 unspecified atom stereocenters. The van der Waals surface area contributed by atoms with Crippen molar-refractivity contribution in [1.82, 2.24) is 0 Å². The van der Waals surface area contributed by atoms with Gasteiger partial charge < -0.3 is 13.8 Å². The Morgan fingerprint density at radius 3 is 1.96 bits per heavy atom. The quantitative estimate of drug-likeness (QED) is 0.360. The molecule has 0 aliphatic rings. The van der Waals surface area contributed by atoms with E-state index in [4.69, 9.17) is 13.8 Å². The molecule has 0 spiro atoms. The van der Waals surface area contributed by atoms with Crippen molar-refractivity contribution in [3.8, 4) is 0 Å². The van der Waals surface area contributed by atoms with Gasteiger partial charge in [-0.1, -0.05) is 35.0 Å². The van der Waals surface area contributed by atoms with Crippen LogP contribution in [0.25, 0.3) is 0 Å². The molecular formula is C18H26BrO6P. The minimum absolute atomic E-state index is 0.0839. The van der Waals surface area contributed by atoms with Crippen molar-refractivity contribution in [2.24, 2.45) is 0 Å². The summed E-state index contributed by atoms with van der Waals surface area (Å²) in [4.78, 5) is 25.5. The highest BCUT2D eigenvalue weighted by molar-refractivity contribution is 9.10. The average Bonchev–Trinajstić information content (AvgIpc) is 2.60. The normalized spacial score (nSPS) is 13.9. The number of carbonyl (C=O) groups is 2. The highest BCUT2D eigenvalue weighted by Crippen LogP contribution is 2.58. The Labute approximate surface area is 163 Å². The van der Waals surface area contributed by atoms with E-state index in [9.17, 15) is 14.2 Å². The van der Waals surface area contributed by atoms with E-state index in [-0.39, 0.29) is 32.0 Å². The topological polar surface area (TPSA) is 78.9 Å². The van der Waals surface area contributed by atoms with Gasteiger partial charge in [-0.25, -0.2) is 0 Å². The number of ketones is 1. The van der Waals surface area contributed by atoms with Gasteiger partial charge in [-0.15, -0.1) is 0 Å². The number of halogens is 1. The van der Waals surface area contributed by atoms with Gasteiger partial charge in [0.2, 0.25) is 0 Å². The Bertz CT molecular complexity index is 636. The van der Waals surface area contributed by atoms with Crippen molar-refractivity contribution in [2.75, 3.05) is 19.8 Å². The lowest BCUT2D eigenvalue weighted by Gasteiger charge is -2.30. The van der Waals surface area contributed by atoms with Crippen molar-refractivity contribution in [1.29, 1.82) is 0 Å². The van der Waals surface area contributed by atoms with E-state index in [1.807, 2.05) is 0 Å². The number of Topliss-reactive ketones (excluding diaryl/α,β-unsaturated/α-hetero) is 1. The van der Waals surface area contributed by atoms with Crippen LogP contribution < -0.4 is 0 Å². The van der Waals surface area contributed by atoms with Crippen molar-refractivity contribution in [3.63, 3.8) is 0 Å². The lowest BCUT2D eigenvalue weighted by molar-refractivity contribution is -0.145. The molecule has 1 rings (SSSR count). The second-order valence-electron chi connectivity index (χ2n) is 5.42. The van der Waals surface area contributed by atoms with Gasteiger partial charge in [0.1, 0.15) is 5.78 Å². The van der Waals surface area contributed by atoms with E-state index in [1.54, 1.807) is 52.0 Å². The molecule has 2 atom stereocenters. The first-order valence-corrected chi connectivity index (χ1v) is 11.1. The first kappa shape index (κ1) is 23.0. The van der Waals surface area contributed by atoms with Gasteiger partial charge >= 0.3 is 13.6 Å². The number of ether oxygens (including phenoxy) is 1. The number of esters is 1. The molecule has 0 aliphatic heterocycles. The molecule has 0 saturated heterocycles. The molecular weight excluding hydrogens is 423 g/mol. The summed E-state index contributed by atoms with van der Waals surface area (Å²) in [6.45, 7) is 6.93. The Kier molecular flexibility index (Phi) is 9.72. The van der Waals surface area contributed by atoms with E-state index in [0.717, 1.165) is 4.47 Å². The van der Waals surface area contributed by atoms with Crippen LogP contribution in [0.15, 0.2) is 28.7 Å². The Morgan fingerprint density at radius 2 is 1.54 bits per heavy atom. The summed E-state index contributed by atoms with van der Waals surface area (Å²) in [6, 6.07) is 6.97. The standard InChI is InChI=1S/C18H26BrO6P/c1-5-15(20)16(13-9-11-14(19)12-10-13)17(18(21)23-6-2)26(22,24-7-3)25-8-4/h9-12,16-17H,5-8H2,1-4H3. The van der Waals surface area contributed by atoms with Crippen LogP contribution in [0.2, 0.25) is 0 Å². The van der Waals surface area contributed by atoms with Crippen LogP contribution in [0.3, 0.4) is 0 Å². The Hall–Kier alpha value is -1.01. The molecule has 6 nitrogen and oxygen atoms in total. The van der Waals surface area contributed by atoms with Gasteiger partial charge in [-0.2, -0.15) is 0 Å². The van der Waals surface area contributed by atoms with E-state index < -0.39 is 25.1 Å². The van der Waals surface area contributed by atoms with E-state index >= 15 is 0 Å². The largest absolute Gasteiger partial charge is 0.465 e. The molecule has 1 aromatic rings. The van der Waals surface area contributed by atoms with E-state index in [0.29, 0.717) is 5.56 Å². The van der Waals surface area contributed by atoms with Gasteiger partial charge in [-0.05, 0) is 38.5 Å². The third-order valence-corrected chi connectivity index (χ3v) is 6.68. The lowest BCUT2D eigenvalue weighted by Crippen LogP contribution is -2.36. The first-order valence-electron chi connectivity index (χ1n) is 8.68. The fourth-order valence-electron chi connectivity index (χ4n) is 2.67. The summed E-state index contributed by atoms with van der Waals surface area (Å²) in [5, 5.41) is 0. The van der Waals surface area contributed by atoms with Gasteiger partial charge in [0, 0.05) is 10.9 Å². The molecule has 146 valence electrons. The number of hydrogen-bond acceptors (Lipinski definition) is 6. The molecule has 0 amide bonds. The van der Waals surface area contributed by atoms with Crippen LogP contribution in [0.4, 0.5) is 0 Å². The molecule has 0 saturated carbocycles. The summed E-state index contributed by atoms with van der Waals surface area (Å²) in [5.74, 6) is -1.96. The summed E-state index contributed by atoms with van der Waals surface area (Å²) in [5.41, 5.74) is -0.784. The fraction of sp³-hybridized carbons (Fsp3) is 0.556. The fourth-order valence-corrected chi connectivity index (χ4v) is 5.08. The second-order valence-corrected chi connectivity index (χ2v) is 8.49. The van der Waals surface area contributed by atoms with Crippen LogP contribution in [0.1, 0.15) is 45.6 Å². The van der Waals surface area contributed by atoms with Gasteiger partial charge in [-0.3, -0.25) is 14.2 Å². The molecule has 0 aromatic heterocycles. The average molecular weight is 449 g/mol. The molecule has 0 bridgehead atoms. The van der Waals surface area contributed by atoms with Gasteiger partial charge in [0.25, 0.3) is 0 Å². The second kappa shape index (κ2) is 11.0. The Balaban J connectivity index is 3.54. The van der Waals surface area contributed by atoms with E-state index in [1.165, 1.54) is 0 Å².